The summed E-state index contributed by atoms with van der Waals surface area (Å²) in [6.07, 6.45) is 0. The van der Waals surface area contributed by atoms with Crippen LogP contribution in [0.5, 0.6) is 11.5 Å². The van der Waals surface area contributed by atoms with E-state index in [1.807, 2.05) is 12.1 Å². The van der Waals surface area contributed by atoms with Gasteiger partial charge in [0.2, 0.25) is 5.13 Å². The van der Waals surface area contributed by atoms with Crippen LogP contribution in [-0.4, -0.2) is 40.2 Å². The summed E-state index contributed by atoms with van der Waals surface area (Å²) in [7, 11) is 0. The Bertz CT molecular complexity index is 1660. The second-order valence-corrected chi connectivity index (χ2v) is 11.8. The molecule has 202 valence electrons. The molecule has 3 aromatic carbocycles. The van der Waals surface area contributed by atoms with Gasteiger partial charge in [0, 0.05) is 21.4 Å². The number of hydrogen-bond donors (Lipinski definition) is 1. The van der Waals surface area contributed by atoms with Crippen molar-refractivity contribution >= 4 is 68.9 Å². The SMILES string of the molecule is O=C1C(=O)N(c2nnc(SCc3ccc(Cl)cc3Cl)s2)C(c2ccccc2)/C1=C(\O)c1ccc2c(c1)OCCO2. The molecule has 3 heterocycles. The molecule has 6 rings (SSSR count). The molecule has 1 amide bonds. The van der Waals surface area contributed by atoms with Gasteiger partial charge in [0.25, 0.3) is 5.78 Å². The number of fused-ring (bicyclic) bond motifs is 1. The van der Waals surface area contributed by atoms with Gasteiger partial charge in [-0.05, 0) is 41.5 Å². The number of ketones is 1. The molecule has 1 unspecified atom stereocenters. The van der Waals surface area contributed by atoms with Crippen LogP contribution in [0.25, 0.3) is 5.76 Å². The van der Waals surface area contributed by atoms with E-state index >= 15 is 0 Å². The van der Waals surface area contributed by atoms with Crippen LogP contribution in [0.3, 0.4) is 0 Å². The number of aliphatic hydroxyl groups excluding tert-OH is 1. The van der Waals surface area contributed by atoms with Gasteiger partial charge < -0.3 is 14.6 Å². The van der Waals surface area contributed by atoms with Crippen LogP contribution in [-0.2, 0) is 15.3 Å². The molecule has 0 bridgehead atoms. The topological polar surface area (TPSA) is 102 Å². The third-order valence-corrected chi connectivity index (χ3v) is 9.04. The number of carbonyl (C=O) groups is 2. The van der Waals surface area contributed by atoms with Crippen LogP contribution in [0.4, 0.5) is 5.13 Å². The van der Waals surface area contributed by atoms with Crippen molar-refractivity contribution in [2.45, 2.75) is 16.1 Å². The largest absolute Gasteiger partial charge is 0.507 e. The molecular weight excluding hydrogens is 593 g/mol. The van der Waals surface area contributed by atoms with E-state index in [-0.39, 0.29) is 16.5 Å². The van der Waals surface area contributed by atoms with Gasteiger partial charge in [0.05, 0.1) is 11.6 Å². The zero-order valence-corrected chi connectivity index (χ0v) is 23.7. The van der Waals surface area contributed by atoms with Crippen molar-refractivity contribution in [1.29, 1.82) is 0 Å². The Kier molecular flexibility index (Phi) is 7.41. The first-order valence-corrected chi connectivity index (χ1v) is 14.6. The lowest BCUT2D eigenvalue weighted by Crippen LogP contribution is -2.29. The minimum absolute atomic E-state index is 0.0507. The summed E-state index contributed by atoms with van der Waals surface area (Å²) < 4.78 is 11.8. The van der Waals surface area contributed by atoms with E-state index < -0.39 is 17.7 Å². The molecule has 1 N–H and O–H groups in total. The van der Waals surface area contributed by atoms with Gasteiger partial charge in [-0.25, -0.2) is 0 Å². The second kappa shape index (κ2) is 11.1. The molecule has 0 radical (unpaired) electrons. The lowest BCUT2D eigenvalue weighted by atomic mass is 9.95. The zero-order valence-electron chi connectivity index (χ0n) is 20.5. The number of halogens is 2. The number of aromatic nitrogens is 2. The van der Waals surface area contributed by atoms with Crippen molar-refractivity contribution < 1.29 is 24.2 Å². The summed E-state index contributed by atoms with van der Waals surface area (Å²) in [5.74, 6) is -0.437. The van der Waals surface area contributed by atoms with Gasteiger partial charge in [-0.2, -0.15) is 0 Å². The van der Waals surface area contributed by atoms with Crippen LogP contribution in [0.1, 0.15) is 22.7 Å². The number of carbonyl (C=O) groups excluding carboxylic acids is 2. The van der Waals surface area contributed by atoms with Crippen LogP contribution in [0.2, 0.25) is 10.0 Å². The summed E-state index contributed by atoms with van der Waals surface area (Å²) in [6.45, 7) is 0.791. The lowest BCUT2D eigenvalue weighted by molar-refractivity contribution is -0.132. The Morgan fingerprint density at radius 1 is 1.00 bits per heavy atom. The quantitative estimate of drug-likeness (QED) is 0.0862. The normalized spacial score (nSPS) is 17.9. The second-order valence-electron chi connectivity index (χ2n) is 8.81. The maximum absolute atomic E-state index is 13.4. The Labute approximate surface area is 247 Å². The fourth-order valence-corrected chi connectivity index (χ4v) is 6.89. The molecule has 1 aromatic heterocycles. The monoisotopic (exact) mass is 611 g/mol. The summed E-state index contributed by atoms with van der Waals surface area (Å²) in [6, 6.07) is 18.3. The highest BCUT2D eigenvalue weighted by molar-refractivity contribution is 8.00. The highest BCUT2D eigenvalue weighted by Crippen LogP contribution is 2.45. The number of thioether (sulfide) groups is 1. The minimum atomic E-state index is -0.911. The van der Waals surface area contributed by atoms with Gasteiger partial charge in [0.1, 0.15) is 19.0 Å². The van der Waals surface area contributed by atoms with E-state index in [2.05, 4.69) is 10.2 Å². The predicted octanol–water partition coefficient (Wildman–Crippen LogP) is 6.53. The van der Waals surface area contributed by atoms with E-state index in [0.29, 0.717) is 56.0 Å². The van der Waals surface area contributed by atoms with E-state index in [0.717, 1.165) is 5.56 Å². The Hall–Kier alpha value is -3.57. The Morgan fingerprint density at radius 2 is 1.77 bits per heavy atom. The molecule has 12 heteroatoms. The maximum atomic E-state index is 13.4. The number of amides is 1. The fraction of sp³-hybridized carbons (Fsp3) is 0.143. The van der Waals surface area contributed by atoms with Gasteiger partial charge in [-0.15, -0.1) is 10.2 Å². The number of rotatable bonds is 6. The molecule has 4 aromatic rings. The van der Waals surface area contributed by atoms with Crippen molar-refractivity contribution in [3.05, 3.63) is 99.0 Å². The molecule has 0 aliphatic carbocycles. The molecular formula is C28H19Cl2N3O5S2. The number of Topliss-reactive ketones (excluding diaryl/α,β-unsaturated/α-hetero) is 1. The molecule has 1 fully saturated rings. The predicted molar refractivity (Wildman–Crippen MR) is 155 cm³/mol. The van der Waals surface area contributed by atoms with Crippen molar-refractivity contribution in [1.82, 2.24) is 10.2 Å². The zero-order chi connectivity index (χ0) is 27.8. The standard InChI is InChI=1S/C28H19Cl2N3O5S2/c29-18-8-6-17(19(30)13-18)14-39-28-32-31-27(40-28)33-23(15-4-2-1-3-5-15)22(25(35)26(33)36)24(34)16-7-9-20-21(12-16)38-11-10-37-20/h1-9,12-13,23,34H,10-11,14H2/b24-22+. The van der Waals surface area contributed by atoms with Crippen molar-refractivity contribution in [2.75, 3.05) is 18.1 Å². The average molecular weight is 613 g/mol. The van der Waals surface area contributed by atoms with Gasteiger partial charge in [-0.3, -0.25) is 14.5 Å². The van der Waals surface area contributed by atoms with E-state index in [4.69, 9.17) is 32.7 Å². The number of benzene rings is 3. The molecule has 2 aliphatic rings. The molecule has 2 aliphatic heterocycles. The van der Waals surface area contributed by atoms with Gasteiger partial charge >= 0.3 is 5.91 Å². The molecule has 0 spiro atoms. The number of anilines is 1. The van der Waals surface area contributed by atoms with Crippen molar-refractivity contribution in [3.8, 4) is 11.5 Å². The molecule has 1 atom stereocenters. The molecule has 40 heavy (non-hydrogen) atoms. The van der Waals surface area contributed by atoms with E-state index in [1.54, 1.807) is 54.6 Å². The third kappa shape index (κ3) is 5.03. The Morgan fingerprint density at radius 3 is 2.55 bits per heavy atom. The first-order valence-electron chi connectivity index (χ1n) is 12.1. The van der Waals surface area contributed by atoms with Crippen LogP contribution < -0.4 is 14.4 Å². The van der Waals surface area contributed by atoms with E-state index in [9.17, 15) is 14.7 Å². The maximum Gasteiger partial charge on any atom is 0.301 e. The smallest absolute Gasteiger partial charge is 0.301 e. The molecule has 8 nitrogen and oxygen atoms in total. The first kappa shape index (κ1) is 26.6. The summed E-state index contributed by atoms with van der Waals surface area (Å²) >= 11 is 14.9. The highest BCUT2D eigenvalue weighted by Gasteiger charge is 2.48. The summed E-state index contributed by atoms with van der Waals surface area (Å²) in [5.41, 5.74) is 1.79. The molecule has 1 saturated heterocycles. The average Bonchev–Trinajstić information content (AvgIpc) is 3.54. The minimum Gasteiger partial charge on any atom is -0.507 e. The van der Waals surface area contributed by atoms with Crippen LogP contribution >= 0.6 is 46.3 Å². The molecule has 0 saturated carbocycles. The summed E-state index contributed by atoms with van der Waals surface area (Å²) in [4.78, 5) is 28.1. The number of hydrogen-bond acceptors (Lipinski definition) is 9. The third-order valence-electron chi connectivity index (χ3n) is 6.34. The van der Waals surface area contributed by atoms with E-state index in [1.165, 1.54) is 28.0 Å². The number of aliphatic hydroxyl groups is 1. The fourth-order valence-electron chi connectivity index (χ4n) is 4.46. The van der Waals surface area contributed by atoms with Gasteiger partial charge in [-0.1, -0.05) is 82.7 Å². The number of nitrogens with zero attached hydrogens (tertiary/aromatic N) is 3. The van der Waals surface area contributed by atoms with Crippen molar-refractivity contribution in [3.63, 3.8) is 0 Å². The Balaban J connectivity index is 1.36. The number of ether oxygens (including phenoxy) is 2. The van der Waals surface area contributed by atoms with Crippen LogP contribution in [0, 0.1) is 0 Å². The van der Waals surface area contributed by atoms with Gasteiger partial charge in [0.15, 0.2) is 15.8 Å². The summed E-state index contributed by atoms with van der Waals surface area (Å²) in [5, 5.41) is 21.2. The first-order chi connectivity index (χ1) is 19.4. The highest BCUT2D eigenvalue weighted by atomic mass is 35.5. The lowest BCUT2D eigenvalue weighted by Gasteiger charge is -2.23. The van der Waals surface area contributed by atoms with Crippen molar-refractivity contribution in [2.24, 2.45) is 0 Å². The van der Waals surface area contributed by atoms with Crippen LogP contribution in [0.15, 0.2) is 76.6 Å².